The second-order valence-corrected chi connectivity index (χ2v) is 6.18. The molecule has 1 heterocycles. The van der Waals surface area contributed by atoms with Crippen molar-refractivity contribution in [2.45, 2.75) is 58.5 Å². The van der Waals surface area contributed by atoms with Crippen molar-refractivity contribution in [3.05, 3.63) is 0 Å². The van der Waals surface area contributed by atoms with Crippen molar-refractivity contribution in [2.24, 2.45) is 5.92 Å². The van der Waals surface area contributed by atoms with Gasteiger partial charge in [0.25, 0.3) is 0 Å². The molecule has 0 aromatic heterocycles. The fourth-order valence-electron chi connectivity index (χ4n) is 2.94. The molecule has 2 heteroatoms. The van der Waals surface area contributed by atoms with Crippen LogP contribution in [-0.4, -0.2) is 34.2 Å². The summed E-state index contributed by atoms with van der Waals surface area (Å²) in [6, 6.07) is 0. The van der Waals surface area contributed by atoms with Gasteiger partial charge in [-0.25, -0.2) is 0 Å². The smallest absolute Gasteiger partial charge is 0.0434 e. The monoisotopic (exact) mass is 199 g/mol. The summed E-state index contributed by atoms with van der Waals surface area (Å²) in [6.07, 6.45) is 2.17. The Labute approximate surface area is 88.3 Å². The standard InChI is InChI=1S/C12H25NO/c1-11(2,3)13-9-10(6-7-14)8-12(13,4)5/h10,14H,6-9H2,1-5H3. The Bertz CT molecular complexity index is 193. The van der Waals surface area contributed by atoms with Gasteiger partial charge in [0.15, 0.2) is 0 Å². The molecule has 0 saturated carbocycles. The highest BCUT2D eigenvalue weighted by molar-refractivity contribution is 4.98. The van der Waals surface area contributed by atoms with Gasteiger partial charge in [-0.3, -0.25) is 4.90 Å². The summed E-state index contributed by atoms with van der Waals surface area (Å²) in [5, 5.41) is 8.97. The van der Waals surface area contributed by atoms with Gasteiger partial charge in [0.1, 0.15) is 0 Å². The molecule has 1 N–H and O–H groups in total. The van der Waals surface area contributed by atoms with Crippen molar-refractivity contribution in [1.82, 2.24) is 4.90 Å². The predicted molar refractivity (Wildman–Crippen MR) is 60.3 cm³/mol. The Morgan fingerprint density at radius 1 is 1.36 bits per heavy atom. The van der Waals surface area contributed by atoms with E-state index in [2.05, 4.69) is 39.5 Å². The predicted octanol–water partition coefficient (Wildman–Crippen LogP) is 2.27. The lowest BCUT2D eigenvalue weighted by molar-refractivity contribution is 0.0667. The molecule has 1 fully saturated rings. The van der Waals surface area contributed by atoms with Gasteiger partial charge in [-0.15, -0.1) is 0 Å². The maximum Gasteiger partial charge on any atom is 0.0434 e. The van der Waals surface area contributed by atoms with Crippen molar-refractivity contribution in [3.63, 3.8) is 0 Å². The number of hydrogen-bond acceptors (Lipinski definition) is 2. The largest absolute Gasteiger partial charge is 0.396 e. The molecule has 1 aliphatic heterocycles. The van der Waals surface area contributed by atoms with Crippen molar-refractivity contribution in [3.8, 4) is 0 Å². The van der Waals surface area contributed by atoms with Gasteiger partial charge in [0.2, 0.25) is 0 Å². The van der Waals surface area contributed by atoms with E-state index < -0.39 is 0 Å². The SMILES string of the molecule is CC(C)(C)N1CC(CCO)CC1(C)C. The van der Waals surface area contributed by atoms with Gasteiger partial charge in [0.05, 0.1) is 0 Å². The summed E-state index contributed by atoms with van der Waals surface area (Å²) in [4.78, 5) is 2.57. The summed E-state index contributed by atoms with van der Waals surface area (Å²) in [6.45, 7) is 12.9. The molecule has 1 atom stereocenters. The van der Waals surface area contributed by atoms with Crippen LogP contribution in [0, 0.1) is 5.92 Å². The summed E-state index contributed by atoms with van der Waals surface area (Å²) in [7, 11) is 0. The van der Waals surface area contributed by atoms with Gasteiger partial charge in [-0.05, 0) is 53.4 Å². The van der Waals surface area contributed by atoms with Crippen LogP contribution in [0.5, 0.6) is 0 Å². The molecule has 1 rings (SSSR count). The molecule has 14 heavy (non-hydrogen) atoms. The highest BCUT2D eigenvalue weighted by atomic mass is 16.3. The lowest BCUT2D eigenvalue weighted by Crippen LogP contribution is -2.50. The van der Waals surface area contributed by atoms with Crippen molar-refractivity contribution < 1.29 is 5.11 Å². The Balaban J connectivity index is 2.69. The van der Waals surface area contributed by atoms with Crippen molar-refractivity contribution in [2.75, 3.05) is 13.2 Å². The van der Waals surface area contributed by atoms with Gasteiger partial charge in [-0.2, -0.15) is 0 Å². The first-order valence-corrected chi connectivity index (χ1v) is 5.66. The fraction of sp³-hybridized carbons (Fsp3) is 1.00. The third-order valence-electron chi connectivity index (χ3n) is 3.31. The Hall–Kier alpha value is -0.0800. The average Bonchev–Trinajstić information content (AvgIpc) is 2.25. The average molecular weight is 199 g/mol. The highest BCUT2D eigenvalue weighted by Gasteiger charge is 2.42. The molecule has 84 valence electrons. The van der Waals surface area contributed by atoms with Crippen molar-refractivity contribution in [1.29, 1.82) is 0 Å². The van der Waals surface area contributed by atoms with Crippen LogP contribution in [0.25, 0.3) is 0 Å². The molecule has 0 aliphatic carbocycles. The molecule has 0 bridgehead atoms. The molecular weight excluding hydrogens is 174 g/mol. The van der Waals surface area contributed by atoms with Gasteiger partial charge in [-0.1, -0.05) is 0 Å². The Morgan fingerprint density at radius 3 is 2.29 bits per heavy atom. The topological polar surface area (TPSA) is 23.5 Å². The van der Waals surface area contributed by atoms with Gasteiger partial charge < -0.3 is 5.11 Å². The number of likely N-dealkylation sites (tertiary alicyclic amines) is 1. The summed E-state index contributed by atoms with van der Waals surface area (Å²) in [5.74, 6) is 0.675. The normalized spacial score (nSPS) is 28.3. The van der Waals surface area contributed by atoms with E-state index in [1.54, 1.807) is 0 Å². The molecule has 1 saturated heterocycles. The summed E-state index contributed by atoms with van der Waals surface area (Å²) < 4.78 is 0. The van der Waals surface area contributed by atoms with Crippen LogP contribution in [0.3, 0.4) is 0 Å². The van der Waals surface area contributed by atoms with Crippen LogP contribution in [0.4, 0.5) is 0 Å². The second-order valence-electron chi connectivity index (χ2n) is 6.18. The number of hydrogen-bond donors (Lipinski definition) is 1. The summed E-state index contributed by atoms with van der Waals surface area (Å²) >= 11 is 0. The number of rotatable bonds is 2. The fourth-order valence-corrected chi connectivity index (χ4v) is 2.94. The summed E-state index contributed by atoms with van der Waals surface area (Å²) in [5.41, 5.74) is 0.534. The van der Waals surface area contributed by atoms with Gasteiger partial charge >= 0.3 is 0 Å². The molecule has 0 amide bonds. The number of aliphatic hydroxyl groups excluding tert-OH is 1. The van der Waals surface area contributed by atoms with Crippen LogP contribution >= 0.6 is 0 Å². The molecule has 1 aliphatic rings. The van der Waals surface area contributed by atoms with Crippen LogP contribution in [-0.2, 0) is 0 Å². The second kappa shape index (κ2) is 3.82. The molecule has 1 unspecified atom stereocenters. The lowest BCUT2D eigenvalue weighted by atomic mass is 9.93. The minimum atomic E-state index is 0.244. The molecule has 0 aromatic carbocycles. The van der Waals surface area contributed by atoms with E-state index in [9.17, 15) is 0 Å². The molecular formula is C12H25NO. The van der Waals surface area contributed by atoms with E-state index in [0.717, 1.165) is 13.0 Å². The van der Waals surface area contributed by atoms with Gasteiger partial charge in [0, 0.05) is 24.2 Å². The zero-order valence-electron chi connectivity index (χ0n) is 10.3. The minimum absolute atomic E-state index is 0.244. The lowest BCUT2D eigenvalue weighted by Gasteiger charge is -2.42. The van der Waals surface area contributed by atoms with E-state index in [4.69, 9.17) is 5.11 Å². The quantitative estimate of drug-likeness (QED) is 0.737. The third kappa shape index (κ3) is 2.48. The van der Waals surface area contributed by atoms with Crippen LogP contribution in [0.15, 0.2) is 0 Å². The minimum Gasteiger partial charge on any atom is -0.396 e. The zero-order chi connectivity index (χ0) is 11.0. The van der Waals surface area contributed by atoms with E-state index >= 15 is 0 Å². The maximum absolute atomic E-state index is 8.97. The molecule has 2 nitrogen and oxygen atoms in total. The van der Waals surface area contributed by atoms with Crippen LogP contribution < -0.4 is 0 Å². The van der Waals surface area contributed by atoms with E-state index in [0.29, 0.717) is 12.5 Å². The molecule has 0 radical (unpaired) electrons. The number of aliphatic hydroxyl groups is 1. The first kappa shape index (κ1) is 12.0. The van der Waals surface area contributed by atoms with Crippen LogP contribution in [0.1, 0.15) is 47.5 Å². The first-order chi connectivity index (χ1) is 6.27. The molecule has 0 aromatic rings. The highest BCUT2D eigenvalue weighted by Crippen LogP contribution is 2.38. The number of nitrogens with zero attached hydrogens (tertiary/aromatic N) is 1. The van der Waals surface area contributed by atoms with E-state index in [1.165, 1.54) is 6.42 Å². The van der Waals surface area contributed by atoms with E-state index in [1.807, 2.05) is 0 Å². The molecule has 0 spiro atoms. The Morgan fingerprint density at radius 2 is 1.93 bits per heavy atom. The van der Waals surface area contributed by atoms with Crippen LogP contribution in [0.2, 0.25) is 0 Å². The maximum atomic E-state index is 8.97. The first-order valence-electron chi connectivity index (χ1n) is 5.66. The Kier molecular flexibility index (Phi) is 3.27. The third-order valence-corrected chi connectivity index (χ3v) is 3.31. The van der Waals surface area contributed by atoms with Crippen molar-refractivity contribution >= 4 is 0 Å². The van der Waals surface area contributed by atoms with E-state index in [-0.39, 0.29) is 11.1 Å². The zero-order valence-corrected chi connectivity index (χ0v) is 10.3.